The van der Waals surface area contributed by atoms with Crippen molar-refractivity contribution in [2.24, 2.45) is 0 Å². The zero-order chi connectivity index (χ0) is 37.5. The number of thiophene rings is 1. The lowest BCUT2D eigenvalue weighted by Gasteiger charge is -2.56. The summed E-state index contributed by atoms with van der Waals surface area (Å²) in [7, 11) is 1.79. The topological polar surface area (TPSA) is 153 Å². The Morgan fingerprint density at radius 3 is 2.49 bits per heavy atom. The number of amides is 2. The lowest BCUT2D eigenvalue weighted by molar-refractivity contribution is 0.0636. The summed E-state index contributed by atoms with van der Waals surface area (Å²) >= 11 is 1.03. The lowest BCUT2D eigenvalue weighted by Crippen LogP contribution is -2.70. The van der Waals surface area contributed by atoms with Gasteiger partial charge in [-0.1, -0.05) is 0 Å². The third-order valence-electron chi connectivity index (χ3n) is 10.3. The number of nitrogens with one attached hydrogen (secondary N) is 1. The van der Waals surface area contributed by atoms with Crippen molar-refractivity contribution in [1.82, 2.24) is 19.8 Å². The summed E-state index contributed by atoms with van der Waals surface area (Å²) in [6, 6.07) is 3.81. The maximum Gasteiger partial charge on any atom is 0.412 e. The first-order valence-corrected chi connectivity index (χ1v) is 18.1. The number of benzene rings is 2. The molecule has 4 atom stereocenters. The van der Waals surface area contributed by atoms with Gasteiger partial charge in [0.15, 0.2) is 5.82 Å². The van der Waals surface area contributed by atoms with E-state index in [2.05, 4.69) is 16.4 Å². The minimum Gasteiger partial charge on any atom is -0.465 e. The molecule has 4 aliphatic rings. The van der Waals surface area contributed by atoms with Gasteiger partial charge in [-0.25, -0.2) is 22.8 Å². The highest BCUT2D eigenvalue weighted by molar-refractivity contribution is 7.23. The number of carboxylic acid groups (broad SMARTS) is 1. The fourth-order valence-electron chi connectivity index (χ4n) is 7.99. The number of nitrogens with zero attached hydrogens (tertiary/aromatic N) is 6. The van der Waals surface area contributed by atoms with Crippen molar-refractivity contribution in [2.45, 2.75) is 76.7 Å². The van der Waals surface area contributed by atoms with Crippen LogP contribution in [0.3, 0.4) is 0 Å². The van der Waals surface area contributed by atoms with E-state index >= 15 is 8.78 Å². The van der Waals surface area contributed by atoms with Gasteiger partial charge in [0.25, 0.3) is 0 Å². The average Bonchev–Trinajstić information content (AvgIpc) is 3.79. The van der Waals surface area contributed by atoms with Gasteiger partial charge in [0.05, 0.1) is 36.2 Å². The molecular weight excluding hydrogens is 715 g/mol. The summed E-state index contributed by atoms with van der Waals surface area (Å²) in [5, 5.41) is 23.2. The van der Waals surface area contributed by atoms with E-state index in [1.54, 1.807) is 27.8 Å². The van der Waals surface area contributed by atoms with Gasteiger partial charge in [-0.15, -0.1) is 11.3 Å². The maximum atomic E-state index is 17.5. The van der Waals surface area contributed by atoms with Crippen LogP contribution in [-0.4, -0.2) is 100 Å². The number of likely N-dealkylation sites (N-methyl/N-ethyl adjacent to an activating group) is 1. The van der Waals surface area contributed by atoms with Crippen LogP contribution in [0.4, 0.5) is 33.6 Å². The SMILES string of the molecule is CN1C[C@H](F)C[C@H]1COc1nc(N2C3CC2CN(C(=O)O)C3)c2c3c(c(-c4c(F)ccc5sc(NC(=O)OC(C)(C)C)c(C#N)c45)c(F)c2n1)COC3. The Kier molecular flexibility index (Phi) is 8.54. The van der Waals surface area contributed by atoms with Gasteiger partial charge < -0.3 is 29.1 Å². The molecule has 2 unspecified atom stereocenters. The van der Waals surface area contributed by atoms with Crippen molar-refractivity contribution < 1.29 is 42.1 Å². The van der Waals surface area contributed by atoms with Crippen molar-refractivity contribution >= 4 is 55.3 Å². The van der Waals surface area contributed by atoms with Crippen molar-refractivity contribution in [2.75, 3.05) is 43.5 Å². The third kappa shape index (κ3) is 6.02. The van der Waals surface area contributed by atoms with Crippen LogP contribution in [0.1, 0.15) is 50.3 Å². The number of hydrogen-bond acceptors (Lipinski definition) is 11. The van der Waals surface area contributed by atoms with Gasteiger partial charge >= 0.3 is 18.2 Å². The molecule has 0 aliphatic carbocycles. The fraction of sp³-hybridized carbons (Fsp3) is 0.472. The molecule has 53 heavy (non-hydrogen) atoms. The number of piperazine rings is 1. The second kappa shape index (κ2) is 12.9. The van der Waals surface area contributed by atoms with Crippen molar-refractivity contribution in [3.8, 4) is 23.2 Å². The third-order valence-corrected chi connectivity index (χ3v) is 11.4. The van der Waals surface area contributed by atoms with Crippen molar-refractivity contribution in [1.29, 1.82) is 5.26 Å². The van der Waals surface area contributed by atoms with E-state index in [4.69, 9.17) is 19.2 Å². The molecule has 3 fully saturated rings. The monoisotopic (exact) mass is 751 g/mol. The smallest absolute Gasteiger partial charge is 0.412 e. The quantitative estimate of drug-likeness (QED) is 0.225. The molecule has 3 saturated heterocycles. The van der Waals surface area contributed by atoms with Crippen LogP contribution in [-0.2, 0) is 22.7 Å². The van der Waals surface area contributed by atoms with Crippen LogP contribution >= 0.6 is 11.3 Å². The van der Waals surface area contributed by atoms with E-state index in [0.29, 0.717) is 33.5 Å². The molecule has 13 nitrogen and oxygen atoms in total. The van der Waals surface area contributed by atoms with Gasteiger partial charge in [-0.2, -0.15) is 15.2 Å². The molecular formula is C36H36F3N7O6S. The summed E-state index contributed by atoms with van der Waals surface area (Å²) in [5.74, 6) is -1.34. The highest BCUT2D eigenvalue weighted by Gasteiger charge is 2.48. The van der Waals surface area contributed by atoms with E-state index in [0.717, 1.165) is 11.3 Å². The largest absolute Gasteiger partial charge is 0.465 e. The van der Waals surface area contributed by atoms with Crippen molar-refractivity contribution in [3.05, 3.63) is 40.5 Å². The minimum absolute atomic E-state index is 0.0304. The predicted molar refractivity (Wildman–Crippen MR) is 189 cm³/mol. The summed E-state index contributed by atoms with van der Waals surface area (Å²) in [6.07, 6.45) is -1.90. The highest BCUT2D eigenvalue weighted by atomic mass is 32.1. The van der Waals surface area contributed by atoms with Crippen LogP contribution in [0.2, 0.25) is 0 Å². The molecule has 2 amide bonds. The predicted octanol–water partition coefficient (Wildman–Crippen LogP) is 6.40. The molecule has 4 aliphatic heterocycles. The van der Waals surface area contributed by atoms with E-state index in [9.17, 15) is 24.3 Å². The molecule has 8 rings (SSSR count). The Balaban J connectivity index is 1.31. The average molecular weight is 752 g/mol. The van der Waals surface area contributed by atoms with Gasteiger partial charge in [0.2, 0.25) is 0 Å². The number of halogens is 3. The Labute approximate surface area is 305 Å². The lowest BCUT2D eigenvalue weighted by atomic mass is 9.86. The summed E-state index contributed by atoms with van der Waals surface area (Å²) in [4.78, 5) is 39.0. The molecule has 2 bridgehead atoms. The highest BCUT2D eigenvalue weighted by Crippen LogP contribution is 2.50. The number of piperidine rings is 1. The van der Waals surface area contributed by atoms with E-state index < -0.39 is 35.6 Å². The van der Waals surface area contributed by atoms with Crippen LogP contribution in [0.15, 0.2) is 12.1 Å². The molecule has 2 aromatic carbocycles. The molecule has 17 heteroatoms. The molecule has 4 aromatic rings. The number of rotatable bonds is 6. The number of nitriles is 1. The standard InChI is InChI=1S/C36H36F3N7O6S/c1-36(2,3)52-34(47)43-32-20(9-40)25-24(53-32)6-5-23(38)28(25)26-21-14-50-15-22(21)27-30(29(26)39)41-33(51-13-19-7-16(37)10-44(19)4)42-31(27)46-17-8-18(46)12-45(11-17)35(48)49/h5-6,16-19H,7-8,10-15H2,1-4H3,(H,43,47)(H,48,49)/t16-,17?,18?,19+/m1/s1. The van der Waals surface area contributed by atoms with E-state index in [-0.39, 0.29) is 103 Å². The number of likely N-dealkylation sites (tertiary alicyclic amines) is 2. The first kappa shape index (κ1) is 35.1. The summed E-state index contributed by atoms with van der Waals surface area (Å²) in [6.45, 7) is 5.76. The van der Waals surface area contributed by atoms with Crippen LogP contribution in [0.5, 0.6) is 6.01 Å². The zero-order valence-electron chi connectivity index (χ0n) is 29.3. The molecule has 6 heterocycles. The Morgan fingerprint density at radius 2 is 1.83 bits per heavy atom. The molecule has 0 radical (unpaired) electrons. The first-order valence-electron chi connectivity index (χ1n) is 17.2. The number of ether oxygens (including phenoxy) is 3. The Hall–Kier alpha value is -4.92. The number of alkyl halides is 1. The second-order valence-corrected chi connectivity index (χ2v) is 16.0. The van der Waals surface area contributed by atoms with Gasteiger partial charge in [-0.05, 0) is 63.9 Å². The number of hydrogen-bond donors (Lipinski definition) is 2. The maximum absolute atomic E-state index is 17.5. The number of anilines is 2. The zero-order valence-corrected chi connectivity index (χ0v) is 30.2. The Bertz CT molecular complexity index is 2230. The van der Waals surface area contributed by atoms with Gasteiger partial charge in [0.1, 0.15) is 46.6 Å². The molecule has 0 saturated carbocycles. The molecule has 278 valence electrons. The number of aromatic nitrogens is 2. The molecule has 0 spiro atoms. The van der Waals surface area contributed by atoms with Crippen LogP contribution in [0, 0.1) is 23.0 Å². The summed E-state index contributed by atoms with van der Waals surface area (Å²) < 4.78 is 65.7. The normalized spacial score (nSPS) is 22.5. The molecule has 2 N–H and O–H groups in total. The number of carbonyl (C=O) groups is 2. The van der Waals surface area contributed by atoms with E-state index in [1.165, 1.54) is 17.0 Å². The second-order valence-electron chi connectivity index (χ2n) is 14.9. The van der Waals surface area contributed by atoms with E-state index in [1.807, 2.05) is 9.80 Å². The molecule has 2 aromatic heterocycles. The number of fused-ring (bicyclic) bond motifs is 6. The first-order chi connectivity index (χ1) is 25.2. The summed E-state index contributed by atoms with van der Waals surface area (Å²) in [5.41, 5.74) is -0.482. The van der Waals surface area contributed by atoms with Gasteiger partial charge in [-0.3, -0.25) is 10.2 Å². The van der Waals surface area contributed by atoms with Crippen LogP contribution in [0.25, 0.3) is 32.1 Å². The number of carbonyl (C=O) groups excluding carboxylic acids is 1. The van der Waals surface area contributed by atoms with Crippen molar-refractivity contribution in [3.63, 3.8) is 0 Å². The van der Waals surface area contributed by atoms with Gasteiger partial charge in [0, 0.05) is 46.9 Å². The fourth-order valence-corrected chi connectivity index (χ4v) is 9.04. The van der Waals surface area contributed by atoms with Crippen LogP contribution < -0.4 is 15.0 Å². The Morgan fingerprint density at radius 1 is 1.09 bits per heavy atom. The minimum atomic E-state index is -1.03.